The van der Waals surface area contributed by atoms with Crippen LogP contribution in [-0.2, 0) is 14.6 Å². The number of carbonyl (C=O) groups is 1. The number of likely N-dealkylation sites (tertiary alicyclic amines) is 1. The standard InChI is InChI=1S/C13H24N2O3S/c1-3-12(7-10-19(2,17)18)15-8-4-5-11(6-9-15)13(14)16/h7,10-12H,3-6,8-9H2,1-2H3,(H2,14,16)/b10-7-/t11?,12-/m1/s1. The van der Waals surface area contributed by atoms with E-state index in [2.05, 4.69) is 4.90 Å². The molecule has 1 fully saturated rings. The fourth-order valence-corrected chi connectivity index (χ4v) is 2.95. The SMILES string of the molecule is CC[C@H](/C=C\S(C)(=O)=O)N1CCCC(C(N)=O)CC1. The van der Waals surface area contributed by atoms with Crippen molar-refractivity contribution in [3.63, 3.8) is 0 Å². The quantitative estimate of drug-likeness (QED) is 0.815. The fraction of sp³-hybridized carbons (Fsp3) is 0.769. The van der Waals surface area contributed by atoms with E-state index in [1.807, 2.05) is 6.92 Å². The lowest BCUT2D eigenvalue weighted by molar-refractivity contribution is -0.122. The summed E-state index contributed by atoms with van der Waals surface area (Å²) in [7, 11) is -3.08. The lowest BCUT2D eigenvalue weighted by atomic mass is 10.0. The molecule has 1 heterocycles. The van der Waals surface area contributed by atoms with Crippen LogP contribution in [0.25, 0.3) is 0 Å². The van der Waals surface area contributed by atoms with E-state index in [-0.39, 0.29) is 17.9 Å². The van der Waals surface area contributed by atoms with Gasteiger partial charge in [0.2, 0.25) is 5.91 Å². The minimum atomic E-state index is -3.08. The van der Waals surface area contributed by atoms with E-state index in [4.69, 9.17) is 5.73 Å². The maximum absolute atomic E-state index is 11.2. The smallest absolute Gasteiger partial charge is 0.220 e. The first-order valence-corrected chi connectivity index (χ1v) is 8.70. The first kappa shape index (κ1) is 16.2. The third kappa shape index (κ3) is 5.74. The van der Waals surface area contributed by atoms with Crippen molar-refractivity contribution in [3.05, 3.63) is 11.5 Å². The van der Waals surface area contributed by atoms with Gasteiger partial charge in [-0.05, 0) is 38.8 Å². The van der Waals surface area contributed by atoms with Gasteiger partial charge in [-0.25, -0.2) is 8.42 Å². The van der Waals surface area contributed by atoms with Gasteiger partial charge < -0.3 is 5.73 Å². The Kier molecular flexibility index (Phi) is 6.00. The van der Waals surface area contributed by atoms with Gasteiger partial charge in [0.25, 0.3) is 0 Å². The molecule has 0 saturated carbocycles. The average Bonchev–Trinajstić information content (AvgIpc) is 2.54. The molecule has 6 heteroatoms. The molecule has 0 aliphatic carbocycles. The number of carbonyl (C=O) groups excluding carboxylic acids is 1. The number of hydrogen-bond acceptors (Lipinski definition) is 4. The molecule has 2 N–H and O–H groups in total. The Morgan fingerprint density at radius 3 is 2.63 bits per heavy atom. The highest BCUT2D eigenvalue weighted by Gasteiger charge is 2.23. The summed E-state index contributed by atoms with van der Waals surface area (Å²) in [6.45, 7) is 3.71. The monoisotopic (exact) mass is 288 g/mol. The molecule has 0 radical (unpaired) electrons. The van der Waals surface area contributed by atoms with Gasteiger partial charge in [0.05, 0.1) is 0 Å². The zero-order chi connectivity index (χ0) is 14.5. The number of hydrogen-bond donors (Lipinski definition) is 1. The molecule has 1 aliphatic heterocycles. The van der Waals surface area contributed by atoms with Gasteiger partial charge >= 0.3 is 0 Å². The van der Waals surface area contributed by atoms with Crippen molar-refractivity contribution in [2.45, 2.75) is 38.6 Å². The van der Waals surface area contributed by atoms with Crippen LogP contribution in [0, 0.1) is 5.92 Å². The maximum atomic E-state index is 11.2. The third-order valence-corrected chi connectivity index (χ3v) is 4.25. The molecular weight excluding hydrogens is 264 g/mol. The van der Waals surface area contributed by atoms with Crippen LogP contribution in [0.1, 0.15) is 32.6 Å². The molecule has 0 aromatic carbocycles. The zero-order valence-corrected chi connectivity index (χ0v) is 12.5. The summed E-state index contributed by atoms with van der Waals surface area (Å²) in [4.78, 5) is 13.5. The molecule has 1 saturated heterocycles. The van der Waals surface area contributed by atoms with Crippen LogP contribution >= 0.6 is 0 Å². The number of nitrogens with two attached hydrogens (primary N) is 1. The molecule has 0 bridgehead atoms. The molecule has 1 rings (SSSR count). The lowest BCUT2D eigenvalue weighted by Crippen LogP contribution is -2.35. The van der Waals surface area contributed by atoms with E-state index in [0.29, 0.717) is 0 Å². The van der Waals surface area contributed by atoms with Crippen LogP contribution in [0.2, 0.25) is 0 Å². The minimum absolute atomic E-state index is 0.0404. The molecule has 2 atom stereocenters. The second kappa shape index (κ2) is 7.05. The van der Waals surface area contributed by atoms with Crippen LogP contribution in [0.15, 0.2) is 11.5 Å². The highest BCUT2D eigenvalue weighted by atomic mass is 32.2. The highest BCUT2D eigenvalue weighted by Crippen LogP contribution is 2.20. The number of nitrogens with zero attached hydrogens (tertiary/aromatic N) is 1. The average molecular weight is 288 g/mol. The first-order valence-electron chi connectivity index (χ1n) is 6.75. The van der Waals surface area contributed by atoms with Crippen molar-refractivity contribution in [1.29, 1.82) is 0 Å². The molecule has 0 aromatic heterocycles. The van der Waals surface area contributed by atoms with Crippen molar-refractivity contribution >= 4 is 15.7 Å². The predicted octanol–water partition coefficient (Wildman–Crippen LogP) is 0.911. The molecule has 1 aliphatic rings. The summed E-state index contributed by atoms with van der Waals surface area (Å²) in [5.74, 6) is -0.261. The number of rotatable bonds is 5. The van der Waals surface area contributed by atoms with Crippen LogP contribution < -0.4 is 5.73 Å². The summed E-state index contributed by atoms with van der Waals surface area (Å²) in [5, 5.41) is 1.28. The second-order valence-electron chi connectivity index (χ2n) is 5.20. The van der Waals surface area contributed by atoms with E-state index in [0.717, 1.165) is 38.8 Å². The van der Waals surface area contributed by atoms with Gasteiger partial charge in [0, 0.05) is 23.6 Å². The van der Waals surface area contributed by atoms with Crippen molar-refractivity contribution < 1.29 is 13.2 Å². The van der Waals surface area contributed by atoms with Crippen LogP contribution in [0.4, 0.5) is 0 Å². The largest absolute Gasteiger partial charge is 0.369 e. The maximum Gasteiger partial charge on any atom is 0.220 e. The van der Waals surface area contributed by atoms with Crippen molar-refractivity contribution in [1.82, 2.24) is 4.90 Å². The van der Waals surface area contributed by atoms with Crippen molar-refractivity contribution in [3.8, 4) is 0 Å². The van der Waals surface area contributed by atoms with Gasteiger partial charge in [-0.2, -0.15) is 0 Å². The van der Waals surface area contributed by atoms with Gasteiger partial charge in [-0.3, -0.25) is 9.69 Å². The summed E-state index contributed by atoms with van der Waals surface area (Å²) in [6, 6.07) is 0.112. The normalized spacial score (nSPS) is 24.2. The topological polar surface area (TPSA) is 80.5 Å². The molecular formula is C13H24N2O3S. The predicted molar refractivity (Wildman–Crippen MR) is 76.2 cm³/mol. The Hall–Kier alpha value is -0.880. The number of amides is 1. The van der Waals surface area contributed by atoms with E-state index < -0.39 is 9.84 Å². The number of primary amides is 1. The van der Waals surface area contributed by atoms with Gasteiger partial charge in [-0.15, -0.1) is 0 Å². The molecule has 0 aromatic rings. The molecule has 1 unspecified atom stereocenters. The second-order valence-corrected chi connectivity index (χ2v) is 7.13. The van der Waals surface area contributed by atoms with E-state index >= 15 is 0 Å². The van der Waals surface area contributed by atoms with E-state index in [1.54, 1.807) is 6.08 Å². The van der Waals surface area contributed by atoms with Crippen LogP contribution in [0.5, 0.6) is 0 Å². The summed E-state index contributed by atoms with van der Waals surface area (Å²) in [6.07, 6.45) is 6.32. The van der Waals surface area contributed by atoms with E-state index in [1.165, 1.54) is 11.7 Å². The summed E-state index contributed by atoms with van der Waals surface area (Å²) in [5.41, 5.74) is 5.36. The molecule has 19 heavy (non-hydrogen) atoms. The third-order valence-electron chi connectivity index (χ3n) is 3.60. The van der Waals surface area contributed by atoms with Crippen molar-refractivity contribution in [2.75, 3.05) is 19.3 Å². The Balaban J connectivity index is 2.67. The lowest BCUT2D eigenvalue weighted by Gasteiger charge is -2.27. The van der Waals surface area contributed by atoms with Crippen LogP contribution in [0.3, 0.4) is 0 Å². The molecule has 0 spiro atoms. The Morgan fingerprint density at radius 1 is 1.42 bits per heavy atom. The summed E-state index contributed by atoms with van der Waals surface area (Å²) >= 11 is 0. The first-order chi connectivity index (χ1) is 8.83. The minimum Gasteiger partial charge on any atom is -0.369 e. The Morgan fingerprint density at radius 2 is 2.11 bits per heavy atom. The molecule has 1 amide bonds. The Bertz CT molecular complexity index is 431. The zero-order valence-electron chi connectivity index (χ0n) is 11.7. The van der Waals surface area contributed by atoms with Gasteiger partial charge in [-0.1, -0.05) is 13.0 Å². The highest BCUT2D eigenvalue weighted by molar-refractivity contribution is 7.93. The van der Waals surface area contributed by atoms with Gasteiger partial charge in [0.1, 0.15) is 0 Å². The van der Waals surface area contributed by atoms with Gasteiger partial charge in [0.15, 0.2) is 9.84 Å². The summed E-state index contributed by atoms with van der Waals surface area (Å²) < 4.78 is 22.4. The molecule has 110 valence electrons. The van der Waals surface area contributed by atoms with Crippen LogP contribution in [-0.4, -0.2) is 44.6 Å². The van der Waals surface area contributed by atoms with Crippen molar-refractivity contribution in [2.24, 2.45) is 11.7 Å². The van der Waals surface area contributed by atoms with E-state index in [9.17, 15) is 13.2 Å². The number of sulfone groups is 1. The fourth-order valence-electron chi connectivity index (χ4n) is 2.48. The Labute approximate surface area is 115 Å². The molecule has 5 nitrogen and oxygen atoms in total.